The van der Waals surface area contributed by atoms with E-state index in [1.165, 1.54) is 31.2 Å². The Balaban J connectivity index is 2.16. The third-order valence-corrected chi connectivity index (χ3v) is 2.59. The Labute approximate surface area is 121 Å². The lowest BCUT2D eigenvalue weighted by molar-refractivity contribution is -0.386. The summed E-state index contributed by atoms with van der Waals surface area (Å²) in [5.41, 5.74) is 0.288. The monoisotopic (exact) mass is 314 g/mol. The first-order valence-electron chi connectivity index (χ1n) is 5.91. The number of benzene rings is 1. The summed E-state index contributed by atoms with van der Waals surface area (Å²) in [6, 6.07) is 5.01. The number of aromatic nitrogens is 1. The minimum absolute atomic E-state index is 0.0260. The van der Waals surface area contributed by atoms with Crippen molar-refractivity contribution in [1.29, 1.82) is 0 Å². The van der Waals surface area contributed by atoms with Crippen LogP contribution in [-0.2, 0) is 0 Å². The van der Waals surface area contributed by atoms with Crippen LogP contribution in [0.25, 0.3) is 12.2 Å². The molecule has 0 bridgehead atoms. The van der Waals surface area contributed by atoms with Crippen molar-refractivity contribution in [2.24, 2.45) is 0 Å². The number of ether oxygens (including phenoxy) is 1. The molecular formula is C13H9F3N2O4. The maximum Gasteiger partial charge on any atom is 0.573 e. The molecular weight excluding hydrogens is 305 g/mol. The Bertz CT molecular complexity index is 705. The van der Waals surface area contributed by atoms with Crippen LogP contribution in [0.2, 0.25) is 0 Å². The van der Waals surface area contributed by atoms with Gasteiger partial charge in [0, 0.05) is 6.92 Å². The van der Waals surface area contributed by atoms with E-state index < -0.39 is 11.3 Å². The molecule has 2 aromatic rings. The number of aryl methyl sites for hydroxylation is 1. The van der Waals surface area contributed by atoms with Gasteiger partial charge in [-0.3, -0.25) is 10.1 Å². The molecule has 0 aliphatic heterocycles. The summed E-state index contributed by atoms with van der Waals surface area (Å²) in [5.74, 6) is -0.286. The van der Waals surface area contributed by atoms with Crippen LogP contribution in [0, 0.1) is 17.0 Å². The summed E-state index contributed by atoms with van der Waals surface area (Å²) >= 11 is 0. The molecule has 1 aromatic carbocycles. The second kappa shape index (κ2) is 5.88. The first-order chi connectivity index (χ1) is 10.3. The van der Waals surface area contributed by atoms with E-state index in [0.717, 1.165) is 12.1 Å². The predicted molar refractivity (Wildman–Crippen MR) is 69.9 cm³/mol. The van der Waals surface area contributed by atoms with E-state index in [9.17, 15) is 23.3 Å². The van der Waals surface area contributed by atoms with Gasteiger partial charge < -0.3 is 9.26 Å². The van der Waals surface area contributed by atoms with Crippen LogP contribution in [-0.4, -0.2) is 16.4 Å². The van der Waals surface area contributed by atoms with E-state index >= 15 is 0 Å². The molecule has 9 heteroatoms. The van der Waals surface area contributed by atoms with Gasteiger partial charge in [0.05, 0.1) is 4.92 Å². The summed E-state index contributed by atoms with van der Waals surface area (Å²) in [6.07, 6.45) is -1.95. The fourth-order valence-electron chi connectivity index (χ4n) is 1.67. The Morgan fingerprint density at radius 1 is 1.27 bits per heavy atom. The van der Waals surface area contributed by atoms with Gasteiger partial charge in [0.25, 0.3) is 0 Å². The van der Waals surface area contributed by atoms with Crippen molar-refractivity contribution < 1.29 is 27.4 Å². The molecule has 0 N–H and O–H groups in total. The lowest BCUT2D eigenvalue weighted by atomic mass is 10.2. The summed E-state index contributed by atoms with van der Waals surface area (Å²) in [6.45, 7) is 1.41. The number of hydrogen-bond acceptors (Lipinski definition) is 5. The van der Waals surface area contributed by atoms with Gasteiger partial charge in [-0.15, -0.1) is 13.2 Å². The second-order valence-corrected chi connectivity index (χ2v) is 4.18. The molecule has 0 fully saturated rings. The maximum atomic E-state index is 12.0. The lowest BCUT2D eigenvalue weighted by Gasteiger charge is -2.08. The SMILES string of the molecule is Cc1onc(/C=C/c2ccc(OC(F)(F)F)cc2)c1[N+](=O)[O-]. The van der Waals surface area contributed by atoms with Crippen LogP contribution in [0.4, 0.5) is 18.9 Å². The highest BCUT2D eigenvalue weighted by Crippen LogP contribution is 2.25. The topological polar surface area (TPSA) is 78.4 Å². The van der Waals surface area contributed by atoms with Crippen molar-refractivity contribution in [2.75, 3.05) is 0 Å². The van der Waals surface area contributed by atoms with Crippen molar-refractivity contribution in [3.05, 3.63) is 51.4 Å². The molecule has 0 unspecified atom stereocenters. The molecule has 0 aliphatic carbocycles. The van der Waals surface area contributed by atoms with Gasteiger partial charge in [-0.1, -0.05) is 23.4 Å². The molecule has 1 aromatic heterocycles. The third kappa shape index (κ3) is 3.84. The van der Waals surface area contributed by atoms with Gasteiger partial charge in [0.15, 0.2) is 5.69 Å². The Morgan fingerprint density at radius 2 is 1.91 bits per heavy atom. The molecule has 0 saturated heterocycles. The van der Waals surface area contributed by atoms with E-state index in [2.05, 4.69) is 9.89 Å². The van der Waals surface area contributed by atoms with Crippen LogP contribution >= 0.6 is 0 Å². The summed E-state index contributed by atoms with van der Waals surface area (Å²) in [5, 5.41) is 14.4. The standard InChI is InChI=1S/C13H9F3N2O4/c1-8-12(18(19)20)11(17-22-8)7-4-9-2-5-10(6-3-9)21-13(14,15)16/h2-7H,1H3/b7-4+. The quantitative estimate of drug-likeness (QED) is 0.630. The first-order valence-corrected chi connectivity index (χ1v) is 5.91. The van der Waals surface area contributed by atoms with E-state index in [1.807, 2.05) is 0 Å². The minimum Gasteiger partial charge on any atom is -0.406 e. The van der Waals surface area contributed by atoms with E-state index in [1.54, 1.807) is 0 Å². The maximum absolute atomic E-state index is 12.0. The molecule has 6 nitrogen and oxygen atoms in total. The number of nitrogens with zero attached hydrogens (tertiary/aromatic N) is 2. The van der Waals surface area contributed by atoms with Gasteiger partial charge in [-0.05, 0) is 23.8 Å². The highest BCUT2D eigenvalue weighted by Gasteiger charge is 2.30. The predicted octanol–water partition coefficient (Wildman–Crippen LogP) is 3.96. The molecule has 0 radical (unpaired) electrons. The van der Waals surface area contributed by atoms with E-state index in [4.69, 9.17) is 4.52 Å². The normalized spacial score (nSPS) is 11.8. The third-order valence-electron chi connectivity index (χ3n) is 2.59. The molecule has 0 amide bonds. The van der Waals surface area contributed by atoms with Crippen molar-refractivity contribution in [2.45, 2.75) is 13.3 Å². The minimum atomic E-state index is -4.75. The second-order valence-electron chi connectivity index (χ2n) is 4.18. The summed E-state index contributed by atoms with van der Waals surface area (Å²) in [4.78, 5) is 10.2. The molecule has 0 aliphatic rings. The highest BCUT2D eigenvalue weighted by atomic mass is 19.4. The van der Waals surface area contributed by atoms with Gasteiger partial charge in [0.2, 0.25) is 5.76 Å². The Morgan fingerprint density at radius 3 is 2.45 bits per heavy atom. The zero-order valence-corrected chi connectivity index (χ0v) is 11.1. The lowest BCUT2D eigenvalue weighted by Crippen LogP contribution is -2.16. The van der Waals surface area contributed by atoms with Gasteiger partial charge in [0.1, 0.15) is 5.75 Å². The number of halogens is 3. The average Bonchev–Trinajstić information content (AvgIpc) is 2.77. The van der Waals surface area contributed by atoms with Gasteiger partial charge in [-0.25, -0.2) is 0 Å². The van der Waals surface area contributed by atoms with Crippen molar-refractivity contribution in [3.8, 4) is 5.75 Å². The zero-order chi connectivity index (χ0) is 16.3. The molecule has 0 saturated carbocycles. The Kier molecular flexibility index (Phi) is 4.15. The zero-order valence-electron chi connectivity index (χ0n) is 11.1. The van der Waals surface area contributed by atoms with Crippen LogP contribution in [0.3, 0.4) is 0 Å². The van der Waals surface area contributed by atoms with E-state index in [0.29, 0.717) is 5.56 Å². The Hall–Kier alpha value is -2.84. The van der Waals surface area contributed by atoms with Crippen molar-refractivity contribution >= 4 is 17.8 Å². The molecule has 0 atom stereocenters. The van der Waals surface area contributed by atoms with Crippen molar-refractivity contribution in [1.82, 2.24) is 5.16 Å². The molecule has 22 heavy (non-hydrogen) atoms. The van der Waals surface area contributed by atoms with Crippen LogP contribution in [0.15, 0.2) is 28.8 Å². The van der Waals surface area contributed by atoms with Crippen LogP contribution in [0.5, 0.6) is 5.75 Å². The first kappa shape index (κ1) is 15.5. The smallest absolute Gasteiger partial charge is 0.406 e. The van der Waals surface area contributed by atoms with Gasteiger partial charge in [-0.2, -0.15) is 0 Å². The fraction of sp³-hybridized carbons (Fsp3) is 0.154. The van der Waals surface area contributed by atoms with Crippen LogP contribution < -0.4 is 4.74 Å². The van der Waals surface area contributed by atoms with Crippen LogP contribution in [0.1, 0.15) is 17.0 Å². The highest BCUT2D eigenvalue weighted by molar-refractivity contribution is 5.72. The molecule has 0 spiro atoms. The number of hydrogen-bond donors (Lipinski definition) is 0. The fourth-order valence-corrected chi connectivity index (χ4v) is 1.67. The largest absolute Gasteiger partial charge is 0.573 e. The average molecular weight is 314 g/mol. The molecule has 2 rings (SSSR count). The van der Waals surface area contributed by atoms with E-state index in [-0.39, 0.29) is 22.9 Å². The summed E-state index contributed by atoms with van der Waals surface area (Å²) < 4.78 is 44.5. The summed E-state index contributed by atoms with van der Waals surface area (Å²) in [7, 11) is 0. The number of alkyl halides is 3. The van der Waals surface area contributed by atoms with Crippen molar-refractivity contribution in [3.63, 3.8) is 0 Å². The number of nitro groups is 1. The number of rotatable bonds is 4. The molecule has 1 heterocycles. The van der Waals surface area contributed by atoms with Gasteiger partial charge >= 0.3 is 12.0 Å². The molecule has 116 valence electrons.